The van der Waals surface area contributed by atoms with Crippen molar-refractivity contribution in [2.24, 2.45) is 11.8 Å². The highest BCUT2D eigenvalue weighted by Crippen LogP contribution is 2.32. The third-order valence-corrected chi connectivity index (χ3v) is 6.30. The van der Waals surface area contributed by atoms with E-state index in [0.29, 0.717) is 12.6 Å². The molecule has 27 heavy (non-hydrogen) atoms. The number of carbonyl (C=O) groups excluding carboxylic acids is 2. The maximum atomic E-state index is 13.0. The fraction of sp³-hybridized carbons (Fsp3) is 0.652. The summed E-state index contributed by atoms with van der Waals surface area (Å²) in [4.78, 5) is 27.5. The lowest BCUT2D eigenvalue weighted by atomic mass is 9.80. The number of benzene rings is 1. The second-order valence-corrected chi connectivity index (χ2v) is 8.16. The number of anilines is 1. The highest BCUT2D eigenvalue weighted by Gasteiger charge is 2.32. The lowest BCUT2D eigenvalue weighted by Crippen LogP contribution is -2.42. The topological polar surface area (TPSA) is 49.4 Å². The van der Waals surface area contributed by atoms with Crippen LogP contribution in [0.3, 0.4) is 0 Å². The maximum Gasteiger partial charge on any atom is 0.230 e. The maximum absolute atomic E-state index is 13.0. The molecule has 0 bridgehead atoms. The first-order chi connectivity index (χ1) is 13.2. The summed E-state index contributed by atoms with van der Waals surface area (Å²) in [5, 5.41) is 3.30. The van der Waals surface area contributed by atoms with Crippen molar-refractivity contribution in [3.8, 4) is 0 Å². The van der Waals surface area contributed by atoms with Gasteiger partial charge in [-0.15, -0.1) is 0 Å². The van der Waals surface area contributed by atoms with Crippen LogP contribution >= 0.6 is 0 Å². The Morgan fingerprint density at radius 1 is 0.889 bits per heavy atom. The molecule has 0 radical (unpaired) electrons. The Balaban J connectivity index is 1.50. The van der Waals surface area contributed by atoms with Crippen molar-refractivity contribution >= 4 is 17.5 Å². The van der Waals surface area contributed by atoms with Crippen molar-refractivity contribution in [3.05, 3.63) is 30.3 Å². The Labute approximate surface area is 163 Å². The molecule has 2 fully saturated rings. The minimum atomic E-state index is 0.0482. The van der Waals surface area contributed by atoms with Gasteiger partial charge in [-0.3, -0.25) is 9.59 Å². The van der Waals surface area contributed by atoms with Gasteiger partial charge in [0.15, 0.2) is 0 Å². The number of hydrogen-bond donors (Lipinski definition) is 1. The standard InChI is InChI=1S/C23H34N2O2/c1-2-25(21-12-8-5-9-13-21)23(27)19-16-14-18(15-17-19)22(26)24-20-10-6-3-4-7-11-20/h5,8-9,12-13,18-20H,2-4,6-7,10-11,14-17H2,1H3,(H,24,26). The molecule has 1 aromatic rings. The Bertz CT molecular complexity index is 600. The summed E-state index contributed by atoms with van der Waals surface area (Å²) in [7, 11) is 0. The van der Waals surface area contributed by atoms with Crippen LogP contribution in [0.2, 0.25) is 0 Å². The summed E-state index contributed by atoms with van der Waals surface area (Å²) in [6.45, 7) is 2.71. The average molecular weight is 371 g/mol. The molecule has 2 saturated carbocycles. The van der Waals surface area contributed by atoms with Gasteiger partial charge in [0.2, 0.25) is 11.8 Å². The normalized spacial score (nSPS) is 24.0. The lowest BCUT2D eigenvalue weighted by Gasteiger charge is -2.32. The highest BCUT2D eigenvalue weighted by molar-refractivity contribution is 5.95. The molecule has 4 nitrogen and oxygen atoms in total. The van der Waals surface area contributed by atoms with Crippen LogP contribution < -0.4 is 10.2 Å². The molecular formula is C23H34N2O2. The fourth-order valence-corrected chi connectivity index (χ4v) is 4.64. The minimum absolute atomic E-state index is 0.0482. The number of rotatable bonds is 5. The summed E-state index contributed by atoms with van der Waals surface area (Å²) >= 11 is 0. The van der Waals surface area contributed by atoms with E-state index in [1.165, 1.54) is 25.7 Å². The van der Waals surface area contributed by atoms with E-state index in [1.807, 2.05) is 42.2 Å². The van der Waals surface area contributed by atoms with Crippen molar-refractivity contribution in [2.75, 3.05) is 11.4 Å². The van der Waals surface area contributed by atoms with Gasteiger partial charge in [-0.2, -0.15) is 0 Å². The van der Waals surface area contributed by atoms with Crippen LogP contribution in [0.5, 0.6) is 0 Å². The summed E-state index contributed by atoms with van der Waals surface area (Å²) in [6.07, 6.45) is 10.6. The molecule has 2 aliphatic rings. The molecule has 1 aromatic carbocycles. The number of hydrogen-bond acceptors (Lipinski definition) is 2. The van der Waals surface area contributed by atoms with Crippen LogP contribution in [0.25, 0.3) is 0 Å². The molecular weight excluding hydrogens is 336 g/mol. The van der Waals surface area contributed by atoms with Crippen LogP contribution in [-0.2, 0) is 9.59 Å². The summed E-state index contributed by atoms with van der Waals surface area (Å²) in [6, 6.07) is 10.3. The van der Waals surface area contributed by atoms with Crippen LogP contribution in [0, 0.1) is 11.8 Å². The predicted octanol–water partition coefficient (Wildman–Crippen LogP) is 4.68. The van der Waals surface area contributed by atoms with E-state index >= 15 is 0 Å². The molecule has 1 N–H and O–H groups in total. The zero-order chi connectivity index (χ0) is 19.1. The molecule has 4 heteroatoms. The quantitative estimate of drug-likeness (QED) is 0.765. The van der Waals surface area contributed by atoms with Gasteiger partial charge in [0, 0.05) is 30.1 Å². The van der Waals surface area contributed by atoms with Gasteiger partial charge in [0.05, 0.1) is 0 Å². The Hall–Kier alpha value is -1.84. The molecule has 148 valence electrons. The van der Waals surface area contributed by atoms with Crippen molar-refractivity contribution in [3.63, 3.8) is 0 Å². The molecule has 3 rings (SSSR count). The highest BCUT2D eigenvalue weighted by atomic mass is 16.2. The molecule has 0 spiro atoms. The van der Waals surface area contributed by atoms with Crippen LogP contribution in [0.4, 0.5) is 5.69 Å². The van der Waals surface area contributed by atoms with Crippen molar-refractivity contribution in [2.45, 2.75) is 77.2 Å². The molecule has 0 saturated heterocycles. The van der Waals surface area contributed by atoms with Gasteiger partial charge >= 0.3 is 0 Å². The van der Waals surface area contributed by atoms with Gasteiger partial charge in [-0.1, -0.05) is 43.9 Å². The Morgan fingerprint density at radius 2 is 1.48 bits per heavy atom. The molecule has 0 unspecified atom stereocenters. The molecule has 2 amide bonds. The Morgan fingerprint density at radius 3 is 2.07 bits per heavy atom. The van der Waals surface area contributed by atoms with E-state index in [-0.39, 0.29) is 23.7 Å². The van der Waals surface area contributed by atoms with Gasteiger partial charge in [0.1, 0.15) is 0 Å². The van der Waals surface area contributed by atoms with Crippen LogP contribution in [0.15, 0.2) is 30.3 Å². The molecule has 0 aliphatic heterocycles. The molecule has 0 atom stereocenters. The van der Waals surface area contributed by atoms with Crippen molar-refractivity contribution < 1.29 is 9.59 Å². The van der Waals surface area contributed by atoms with Gasteiger partial charge < -0.3 is 10.2 Å². The first-order valence-corrected chi connectivity index (χ1v) is 10.9. The van der Waals surface area contributed by atoms with Gasteiger partial charge in [0.25, 0.3) is 0 Å². The summed E-state index contributed by atoms with van der Waals surface area (Å²) in [5.41, 5.74) is 0.971. The van der Waals surface area contributed by atoms with Crippen molar-refractivity contribution in [1.82, 2.24) is 5.32 Å². The smallest absolute Gasteiger partial charge is 0.230 e. The molecule has 0 aromatic heterocycles. The second kappa shape index (κ2) is 9.91. The van der Waals surface area contributed by atoms with Crippen LogP contribution in [0.1, 0.15) is 71.1 Å². The number of nitrogens with one attached hydrogen (secondary N) is 1. The van der Waals surface area contributed by atoms with Crippen molar-refractivity contribution in [1.29, 1.82) is 0 Å². The van der Waals surface area contributed by atoms with Gasteiger partial charge in [-0.25, -0.2) is 0 Å². The number of nitrogens with zero attached hydrogens (tertiary/aromatic N) is 1. The van der Waals surface area contributed by atoms with E-state index in [0.717, 1.165) is 44.2 Å². The first-order valence-electron chi connectivity index (χ1n) is 10.9. The summed E-state index contributed by atoms with van der Waals surface area (Å²) in [5.74, 6) is 0.575. The third kappa shape index (κ3) is 5.33. The molecule has 0 heterocycles. The van der Waals surface area contributed by atoms with Crippen LogP contribution in [-0.4, -0.2) is 24.4 Å². The second-order valence-electron chi connectivity index (χ2n) is 8.16. The minimum Gasteiger partial charge on any atom is -0.353 e. The van der Waals surface area contributed by atoms with E-state index < -0.39 is 0 Å². The van der Waals surface area contributed by atoms with E-state index in [2.05, 4.69) is 5.32 Å². The monoisotopic (exact) mass is 370 g/mol. The fourth-order valence-electron chi connectivity index (χ4n) is 4.64. The first kappa shape index (κ1) is 19.9. The number of amides is 2. The largest absolute Gasteiger partial charge is 0.353 e. The SMILES string of the molecule is CCN(C(=O)C1CCC(C(=O)NC2CCCCCC2)CC1)c1ccccc1. The van der Waals surface area contributed by atoms with E-state index in [9.17, 15) is 9.59 Å². The molecule has 2 aliphatic carbocycles. The van der Waals surface area contributed by atoms with E-state index in [4.69, 9.17) is 0 Å². The lowest BCUT2D eigenvalue weighted by molar-refractivity contribution is -0.129. The zero-order valence-electron chi connectivity index (χ0n) is 16.7. The average Bonchev–Trinajstić information content (AvgIpc) is 2.98. The van der Waals surface area contributed by atoms with Gasteiger partial charge in [-0.05, 0) is 57.6 Å². The number of para-hydroxylation sites is 1. The third-order valence-electron chi connectivity index (χ3n) is 6.30. The Kier molecular flexibility index (Phi) is 7.31. The predicted molar refractivity (Wildman–Crippen MR) is 110 cm³/mol. The van der Waals surface area contributed by atoms with E-state index in [1.54, 1.807) is 0 Å². The zero-order valence-corrected chi connectivity index (χ0v) is 16.7. The summed E-state index contributed by atoms with van der Waals surface area (Å²) < 4.78 is 0. The number of carbonyl (C=O) groups is 2.